The Morgan fingerprint density at radius 2 is 2.12 bits per heavy atom. The molecular formula is C13H26N2OS. The van der Waals surface area contributed by atoms with Crippen LogP contribution in [-0.2, 0) is 4.79 Å². The summed E-state index contributed by atoms with van der Waals surface area (Å²) < 4.78 is 0. The van der Waals surface area contributed by atoms with E-state index in [0.717, 1.165) is 12.5 Å². The minimum Gasteiger partial charge on any atom is -0.356 e. The SMILES string of the molecule is CCNC(=O)CSC1CC(CC)CCC1NC. The van der Waals surface area contributed by atoms with Gasteiger partial charge in [-0.25, -0.2) is 0 Å². The van der Waals surface area contributed by atoms with E-state index in [9.17, 15) is 4.79 Å². The van der Waals surface area contributed by atoms with Gasteiger partial charge < -0.3 is 10.6 Å². The summed E-state index contributed by atoms with van der Waals surface area (Å²) in [5.74, 6) is 1.63. The molecule has 0 aromatic rings. The van der Waals surface area contributed by atoms with Crippen molar-refractivity contribution in [2.24, 2.45) is 5.92 Å². The Kier molecular flexibility index (Phi) is 6.97. The summed E-state index contributed by atoms with van der Waals surface area (Å²) >= 11 is 1.82. The summed E-state index contributed by atoms with van der Waals surface area (Å²) in [5, 5.41) is 6.86. The molecule has 1 amide bonds. The van der Waals surface area contributed by atoms with Crippen molar-refractivity contribution >= 4 is 17.7 Å². The van der Waals surface area contributed by atoms with Crippen LogP contribution >= 0.6 is 11.8 Å². The molecule has 0 bridgehead atoms. The smallest absolute Gasteiger partial charge is 0.229 e. The summed E-state index contributed by atoms with van der Waals surface area (Å²) in [6.45, 7) is 4.97. The summed E-state index contributed by atoms with van der Waals surface area (Å²) in [4.78, 5) is 11.5. The maximum Gasteiger partial charge on any atom is 0.229 e. The lowest BCUT2D eigenvalue weighted by atomic mass is 9.84. The van der Waals surface area contributed by atoms with Crippen molar-refractivity contribution in [1.82, 2.24) is 10.6 Å². The fourth-order valence-corrected chi connectivity index (χ4v) is 3.91. The van der Waals surface area contributed by atoms with Crippen LogP contribution in [-0.4, -0.2) is 36.5 Å². The van der Waals surface area contributed by atoms with E-state index >= 15 is 0 Å². The predicted octanol–water partition coefficient (Wildman–Crippen LogP) is 2.02. The Morgan fingerprint density at radius 1 is 1.35 bits per heavy atom. The highest BCUT2D eigenvalue weighted by Crippen LogP contribution is 2.33. The first kappa shape index (κ1) is 14.8. The number of hydrogen-bond donors (Lipinski definition) is 2. The largest absolute Gasteiger partial charge is 0.356 e. The zero-order valence-electron chi connectivity index (χ0n) is 11.3. The Labute approximate surface area is 109 Å². The van der Waals surface area contributed by atoms with Gasteiger partial charge in [0.05, 0.1) is 5.75 Å². The highest BCUT2D eigenvalue weighted by atomic mass is 32.2. The van der Waals surface area contributed by atoms with Gasteiger partial charge in [0.25, 0.3) is 0 Å². The van der Waals surface area contributed by atoms with Crippen molar-refractivity contribution in [3.05, 3.63) is 0 Å². The monoisotopic (exact) mass is 258 g/mol. The number of hydrogen-bond acceptors (Lipinski definition) is 3. The highest BCUT2D eigenvalue weighted by Gasteiger charge is 2.29. The third-order valence-corrected chi connectivity index (χ3v) is 5.03. The second-order valence-corrected chi connectivity index (χ2v) is 6.01. The molecule has 1 rings (SSSR count). The van der Waals surface area contributed by atoms with Gasteiger partial charge in [-0.1, -0.05) is 13.3 Å². The normalized spacial score (nSPS) is 29.0. The Balaban J connectivity index is 2.38. The minimum absolute atomic E-state index is 0.172. The third-order valence-electron chi connectivity index (χ3n) is 3.65. The van der Waals surface area contributed by atoms with Crippen molar-refractivity contribution in [3.8, 4) is 0 Å². The lowest BCUT2D eigenvalue weighted by Crippen LogP contribution is -2.41. The zero-order chi connectivity index (χ0) is 12.7. The molecule has 0 heterocycles. The van der Waals surface area contributed by atoms with Crippen molar-refractivity contribution in [3.63, 3.8) is 0 Å². The lowest BCUT2D eigenvalue weighted by molar-refractivity contribution is -0.118. The molecular weight excluding hydrogens is 232 g/mol. The van der Waals surface area contributed by atoms with Crippen LogP contribution in [0.4, 0.5) is 0 Å². The zero-order valence-corrected chi connectivity index (χ0v) is 12.1. The fourth-order valence-electron chi connectivity index (χ4n) is 2.53. The van der Waals surface area contributed by atoms with E-state index in [2.05, 4.69) is 17.6 Å². The molecule has 3 unspecified atom stereocenters. The van der Waals surface area contributed by atoms with Gasteiger partial charge in [0.2, 0.25) is 5.91 Å². The molecule has 1 aliphatic rings. The van der Waals surface area contributed by atoms with E-state index < -0.39 is 0 Å². The van der Waals surface area contributed by atoms with E-state index in [4.69, 9.17) is 0 Å². The molecule has 2 N–H and O–H groups in total. The van der Waals surface area contributed by atoms with Crippen LogP contribution < -0.4 is 10.6 Å². The molecule has 1 fully saturated rings. The Bertz CT molecular complexity index is 235. The van der Waals surface area contributed by atoms with Gasteiger partial charge in [0, 0.05) is 17.8 Å². The second-order valence-electron chi connectivity index (χ2n) is 4.79. The van der Waals surface area contributed by atoms with Crippen LogP contribution in [0, 0.1) is 5.92 Å². The van der Waals surface area contributed by atoms with Crippen LogP contribution in [0.15, 0.2) is 0 Å². The summed E-state index contributed by atoms with van der Waals surface area (Å²) in [6.07, 6.45) is 5.11. The molecule has 100 valence electrons. The van der Waals surface area contributed by atoms with Crippen molar-refractivity contribution in [2.45, 2.75) is 50.8 Å². The van der Waals surface area contributed by atoms with Gasteiger partial charge in [-0.15, -0.1) is 11.8 Å². The molecule has 0 spiro atoms. The Morgan fingerprint density at radius 3 is 2.71 bits per heavy atom. The number of rotatable bonds is 6. The number of amides is 1. The summed E-state index contributed by atoms with van der Waals surface area (Å²) in [5.41, 5.74) is 0. The van der Waals surface area contributed by atoms with E-state index in [-0.39, 0.29) is 5.91 Å². The van der Waals surface area contributed by atoms with E-state index in [1.165, 1.54) is 25.7 Å². The second kappa shape index (κ2) is 7.98. The standard InChI is InChI=1S/C13H26N2OS/c1-4-10-6-7-11(14-3)12(8-10)17-9-13(16)15-5-2/h10-12,14H,4-9H2,1-3H3,(H,15,16). The maximum atomic E-state index is 11.5. The van der Waals surface area contributed by atoms with Crippen LogP contribution in [0.1, 0.15) is 39.5 Å². The van der Waals surface area contributed by atoms with Gasteiger partial charge in [-0.2, -0.15) is 0 Å². The maximum absolute atomic E-state index is 11.5. The summed E-state index contributed by atoms with van der Waals surface area (Å²) in [6, 6.07) is 0.581. The molecule has 3 atom stereocenters. The summed E-state index contributed by atoms with van der Waals surface area (Å²) in [7, 11) is 2.04. The van der Waals surface area contributed by atoms with Crippen molar-refractivity contribution in [2.75, 3.05) is 19.3 Å². The average Bonchev–Trinajstić information content (AvgIpc) is 2.36. The quantitative estimate of drug-likeness (QED) is 0.766. The van der Waals surface area contributed by atoms with E-state index in [0.29, 0.717) is 17.0 Å². The van der Waals surface area contributed by atoms with E-state index in [1.54, 1.807) is 0 Å². The van der Waals surface area contributed by atoms with Gasteiger partial charge in [-0.3, -0.25) is 4.79 Å². The molecule has 3 nitrogen and oxygen atoms in total. The number of thioether (sulfide) groups is 1. The van der Waals surface area contributed by atoms with Crippen LogP contribution in [0.3, 0.4) is 0 Å². The van der Waals surface area contributed by atoms with Crippen LogP contribution in [0.2, 0.25) is 0 Å². The molecule has 0 aromatic heterocycles. The topological polar surface area (TPSA) is 41.1 Å². The number of carbonyl (C=O) groups is 1. The fraction of sp³-hybridized carbons (Fsp3) is 0.923. The molecule has 0 aliphatic heterocycles. The minimum atomic E-state index is 0.172. The third kappa shape index (κ3) is 4.88. The molecule has 4 heteroatoms. The first-order valence-corrected chi connectivity index (χ1v) is 7.81. The number of carbonyl (C=O) groups excluding carboxylic acids is 1. The van der Waals surface area contributed by atoms with Crippen LogP contribution in [0.5, 0.6) is 0 Å². The van der Waals surface area contributed by atoms with Crippen LogP contribution in [0.25, 0.3) is 0 Å². The van der Waals surface area contributed by atoms with Gasteiger partial charge >= 0.3 is 0 Å². The van der Waals surface area contributed by atoms with E-state index in [1.807, 2.05) is 25.7 Å². The molecule has 1 saturated carbocycles. The highest BCUT2D eigenvalue weighted by molar-refractivity contribution is 8.00. The predicted molar refractivity (Wildman–Crippen MR) is 75.4 cm³/mol. The molecule has 0 aromatic carbocycles. The van der Waals surface area contributed by atoms with Gasteiger partial charge in [0.1, 0.15) is 0 Å². The van der Waals surface area contributed by atoms with Crippen molar-refractivity contribution < 1.29 is 4.79 Å². The Hall–Kier alpha value is -0.220. The molecule has 17 heavy (non-hydrogen) atoms. The van der Waals surface area contributed by atoms with Crippen molar-refractivity contribution in [1.29, 1.82) is 0 Å². The molecule has 1 aliphatic carbocycles. The number of nitrogens with one attached hydrogen (secondary N) is 2. The first-order valence-electron chi connectivity index (χ1n) is 6.76. The molecule has 0 radical (unpaired) electrons. The average molecular weight is 258 g/mol. The molecule has 0 saturated heterocycles. The first-order chi connectivity index (χ1) is 8.21. The lowest BCUT2D eigenvalue weighted by Gasteiger charge is -2.35. The van der Waals surface area contributed by atoms with Gasteiger partial charge in [-0.05, 0) is 39.2 Å². The van der Waals surface area contributed by atoms with Gasteiger partial charge in [0.15, 0.2) is 0 Å².